The molecule has 0 spiro atoms. The van der Waals surface area contributed by atoms with Gasteiger partial charge in [0.2, 0.25) is 0 Å². The van der Waals surface area contributed by atoms with E-state index in [1.165, 1.54) is 0 Å². The van der Waals surface area contributed by atoms with Gasteiger partial charge in [0.05, 0.1) is 5.69 Å². The molecular weight excluding hydrogens is 296 g/mol. The molecule has 1 aromatic heterocycles. The molecule has 6 nitrogen and oxygen atoms in total. The molecule has 0 atom stereocenters. The lowest BCUT2D eigenvalue weighted by atomic mass is 10.1. The van der Waals surface area contributed by atoms with Gasteiger partial charge in [-0.1, -0.05) is 18.1 Å². The minimum atomic E-state index is -0.601. The van der Waals surface area contributed by atoms with E-state index in [-0.39, 0.29) is 6.61 Å². The fourth-order valence-electron chi connectivity index (χ4n) is 2.37. The quantitative estimate of drug-likeness (QED) is 0.858. The highest BCUT2D eigenvalue weighted by Crippen LogP contribution is 2.16. The second kappa shape index (κ2) is 7.09. The number of esters is 1. The van der Waals surface area contributed by atoms with Crippen LogP contribution in [-0.4, -0.2) is 23.6 Å². The van der Waals surface area contributed by atoms with Crippen molar-refractivity contribution in [2.24, 2.45) is 0 Å². The SMILES string of the molecule is CCc1noc(C)c1C(=O)OCC(=O)Nc1cc(C)cc(C)c1. The van der Waals surface area contributed by atoms with E-state index in [2.05, 4.69) is 10.5 Å². The minimum Gasteiger partial charge on any atom is -0.452 e. The molecule has 1 N–H and O–H groups in total. The normalized spacial score (nSPS) is 10.4. The van der Waals surface area contributed by atoms with Crippen molar-refractivity contribution in [3.63, 3.8) is 0 Å². The predicted molar refractivity (Wildman–Crippen MR) is 85.4 cm³/mol. The maximum absolute atomic E-state index is 12.1. The Labute approximate surface area is 134 Å². The van der Waals surface area contributed by atoms with E-state index in [1.807, 2.05) is 39.0 Å². The van der Waals surface area contributed by atoms with Gasteiger partial charge in [-0.3, -0.25) is 4.79 Å². The van der Waals surface area contributed by atoms with Gasteiger partial charge in [0.25, 0.3) is 5.91 Å². The van der Waals surface area contributed by atoms with Crippen LogP contribution in [0.1, 0.15) is 39.9 Å². The Kier molecular flexibility index (Phi) is 5.16. The van der Waals surface area contributed by atoms with Crippen molar-refractivity contribution in [2.75, 3.05) is 11.9 Å². The van der Waals surface area contributed by atoms with Crippen LogP contribution in [0.5, 0.6) is 0 Å². The van der Waals surface area contributed by atoms with Gasteiger partial charge in [0, 0.05) is 5.69 Å². The van der Waals surface area contributed by atoms with Gasteiger partial charge in [0.1, 0.15) is 11.3 Å². The molecule has 0 bridgehead atoms. The Bertz CT molecular complexity index is 714. The van der Waals surface area contributed by atoms with Crippen molar-refractivity contribution >= 4 is 17.6 Å². The molecule has 6 heteroatoms. The van der Waals surface area contributed by atoms with Gasteiger partial charge in [-0.05, 0) is 50.5 Å². The zero-order valence-corrected chi connectivity index (χ0v) is 13.7. The van der Waals surface area contributed by atoms with Crippen LogP contribution < -0.4 is 5.32 Å². The lowest BCUT2D eigenvalue weighted by molar-refractivity contribution is -0.119. The van der Waals surface area contributed by atoms with Crippen molar-refractivity contribution in [1.82, 2.24) is 5.16 Å². The number of hydrogen-bond donors (Lipinski definition) is 1. The Balaban J connectivity index is 1.96. The molecule has 122 valence electrons. The van der Waals surface area contributed by atoms with Gasteiger partial charge in [-0.25, -0.2) is 4.79 Å². The molecule has 2 rings (SSSR count). The molecular formula is C17H20N2O4. The summed E-state index contributed by atoms with van der Waals surface area (Å²) in [5, 5.41) is 6.51. The number of rotatable bonds is 5. The van der Waals surface area contributed by atoms with Gasteiger partial charge in [-0.15, -0.1) is 0 Å². The van der Waals surface area contributed by atoms with Gasteiger partial charge in [0.15, 0.2) is 6.61 Å². The second-order valence-electron chi connectivity index (χ2n) is 5.41. The van der Waals surface area contributed by atoms with E-state index in [4.69, 9.17) is 9.26 Å². The van der Waals surface area contributed by atoms with Crippen molar-refractivity contribution in [1.29, 1.82) is 0 Å². The molecule has 0 aliphatic rings. The molecule has 0 saturated heterocycles. The summed E-state index contributed by atoms with van der Waals surface area (Å²) in [4.78, 5) is 24.0. The van der Waals surface area contributed by atoms with Crippen molar-refractivity contribution in [3.05, 3.63) is 46.3 Å². The van der Waals surface area contributed by atoms with E-state index in [1.54, 1.807) is 6.92 Å². The highest BCUT2D eigenvalue weighted by molar-refractivity contribution is 5.96. The molecule has 1 aromatic carbocycles. The van der Waals surface area contributed by atoms with Crippen LogP contribution in [0.3, 0.4) is 0 Å². The first kappa shape index (κ1) is 16.7. The summed E-state index contributed by atoms with van der Waals surface area (Å²) in [5.41, 5.74) is 3.60. The Morgan fingerprint density at radius 2 is 1.83 bits per heavy atom. The number of carbonyl (C=O) groups excluding carboxylic acids is 2. The van der Waals surface area contributed by atoms with Crippen LogP contribution in [0.4, 0.5) is 5.69 Å². The third kappa shape index (κ3) is 4.18. The highest BCUT2D eigenvalue weighted by atomic mass is 16.5. The third-order valence-electron chi connectivity index (χ3n) is 3.31. The number of aromatic nitrogens is 1. The smallest absolute Gasteiger partial charge is 0.344 e. The summed E-state index contributed by atoms with van der Waals surface area (Å²) in [6, 6.07) is 5.72. The highest BCUT2D eigenvalue weighted by Gasteiger charge is 2.21. The van der Waals surface area contributed by atoms with E-state index in [9.17, 15) is 9.59 Å². The summed E-state index contributed by atoms with van der Waals surface area (Å²) >= 11 is 0. The molecule has 1 amide bonds. The molecule has 23 heavy (non-hydrogen) atoms. The first-order valence-electron chi connectivity index (χ1n) is 7.41. The number of ether oxygens (including phenoxy) is 1. The van der Waals surface area contributed by atoms with E-state index in [0.29, 0.717) is 29.1 Å². The minimum absolute atomic E-state index is 0.298. The van der Waals surface area contributed by atoms with Crippen LogP contribution in [0, 0.1) is 20.8 Å². The topological polar surface area (TPSA) is 81.4 Å². The zero-order valence-electron chi connectivity index (χ0n) is 13.7. The number of nitrogens with zero attached hydrogens (tertiary/aromatic N) is 1. The molecule has 0 radical (unpaired) electrons. The zero-order chi connectivity index (χ0) is 17.0. The predicted octanol–water partition coefficient (Wildman–Crippen LogP) is 2.96. The van der Waals surface area contributed by atoms with Crippen LogP contribution in [0.15, 0.2) is 22.7 Å². The average Bonchev–Trinajstić information content (AvgIpc) is 2.84. The lowest BCUT2D eigenvalue weighted by Crippen LogP contribution is -2.21. The molecule has 1 heterocycles. The van der Waals surface area contributed by atoms with Crippen LogP contribution in [0.2, 0.25) is 0 Å². The largest absolute Gasteiger partial charge is 0.452 e. The number of aryl methyl sites for hydroxylation is 4. The summed E-state index contributed by atoms with van der Waals surface area (Å²) in [7, 11) is 0. The van der Waals surface area contributed by atoms with Crippen molar-refractivity contribution in [3.8, 4) is 0 Å². The number of amides is 1. The molecule has 0 aliphatic carbocycles. The molecule has 0 fully saturated rings. The fourth-order valence-corrected chi connectivity index (χ4v) is 2.37. The number of benzene rings is 1. The monoisotopic (exact) mass is 316 g/mol. The van der Waals surface area contributed by atoms with Crippen LogP contribution in [-0.2, 0) is 16.0 Å². The van der Waals surface area contributed by atoms with Crippen molar-refractivity contribution in [2.45, 2.75) is 34.1 Å². The number of carbonyl (C=O) groups is 2. The van der Waals surface area contributed by atoms with Crippen LogP contribution >= 0.6 is 0 Å². The molecule has 0 aliphatic heterocycles. The summed E-state index contributed by atoms with van der Waals surface area (Å²) in [6.07, 6.45) is 0.552. The summed E-state index contributed by atoms with van der Waals surface area (Å²) in [6.45, 7) is 7.03. The fraction of sp³-hybridized carbons (Fsp3) is 0.353. The lowest BCUT2D eigenvalue weighted by Gasteiger charge is -2.08. The van der Waals surface area contributed by atoms with Crippen LogP contribution in [0.25, 0.3) is 0 Å². The Morgan fingerprint density at radius 1 is 1.17 bits per heavy atom. The van der Waals surface area contributed by atoms with Gasteiger partial charge < -0.3 is 14.6 Å². The maximum atomic E-state index is 12.1. The Hall–Kier alpha value is -2.63. The standard InChI is InChI=1S/C17H20N2O4/c1-5-14-16(12(4)23-19-14)17(21)22-9-15(20)18-13-7-10(2)6-11(3)8-13/h6-8H,5,9H2,1-4H3,(H,18,20). The maximum Gasteiger partial charge on any atom is 0.344 e. The van der Waals surface area contributed by atoms with E-state index >= 15 is 0 Å². The van der Waals surface area contributed by atoms with Gasteiger partial charge in [-0.2, -0.15) is 0 Å². The molecule has 2 aromatic rings. The first-order chi connectivity index (χ1) is 10.9. The Morgan fingerprint density at radius 3 is 2.43 bits per heavy atom. The first-order valence-corrected chi connectivity index (χ1v) is 7.41. The van der Waals surface area contributed by atoms with E-state index < -0.39 is 11.9 Å². The summed E-state index contributed by atoms with van der Waals surface area (Å²) < 4.78 is 10.0. The summed E-state index contributed by atoms with van der Waals surface area (Å²) in [5.74, 6) is -0.603. The van der Waals surface area contributed by atoms with E-state index in [0.717, 1.165) is 11.1 Å². The van der Waals surface area contributed by atoms with Gasteiger partial charge >= 0.3 is 5.97 Å². The third-order valence-corrected chi connectivity index (χ3v) is 3.31. The average molecular weight is 316 g/mol. The number of nitrogens with one attached hydrogen (secondary N) is 1. The second-order valence-corrected chi connectivity index (χ2v) is 5.41. The molecule has 0 unspecified atom stereocenters. The van der Waals surface area contributed by atoms with Crippen molar-refractivity contribution < 1.29 is 18.8 Å². The number of anilines is 1. The number of hydrogen-bond acceptors (Lipinski definition) is 5. The molecule has 0 saturated carbocycles.